The number of amides is 1. The molecule has 1 fully saturated rings. The number of hydrogen-bond donors (Lipinski definition) is 0. The molecule has 3 heterocycles. The predicted molar refractivity (Wildman–Crippen MR) is 85.3 cm³/mol. The van der Waals surface area contributed by atoms with Crippen molar-refractivity contribution in [1.82, 2.24) is 24.4 Å². The van der Waals surface area contributed by atoms with Crippen molar-refractivity contribution in [3.8, 4) is 0 Å². The van der Waals surface area contributed by atoms with E-state index in [-0.39, 0.29) is 18.5 Å². The molecular weight excluding hydrogens is 316 g/mol. The summed E-state index contributed by atoms with van der Waals surface area (Å²) in [4.78, 5) is 20.7. The molecule has 6 nitrogen and oxygen atoms in total. The van der Waals surface area contributed by atoms with E-state index in [2.05, 4.69) is 10.1 Å². The van der Waals surface area contributed by atoms with Gasteiger partial charge in [0.15, 0.2) is 5.65 Å². The van der Waals surface area contributed by atoms with Crippen molar-refractivity contribution in [2.75, 3.05) is 26.2 Å². The fourth-order valence-electron chi connectivity index (χ4n) is 3.16. The Morgan fingerprint density at radius 1 is 1.42 bits per heavy atom. The molecule has 0 radical (unpaired) electrons. The van der Waals surface area contributed by atoms with Gasteiger partial charge in [-0.15, -0.1) is 0 Å². The largest absolute Gasteiger partial charge is 0.336 e. The molecule has 1 aliphatic rings. The Labute approximate surface area is 139 Å². The van der Waals surface area contributed by atoms with E-state index in [4.69, 9.17) is 0 Å². The van der Waals surface area contributed by atoms with Gasteiger partial charge in [0.25, 0.3) is 12.3 Å². The number of hydrogen-bond acceptors (Lipinski definition) is 4. The molecule has 0 saturated carbocycles. The van der Waals surface area contributed by atoms with Crippen LogP contribution in [0, 0.1) is 6.92 Å². The quantitative estimate of drug-likeness (QED) is 0.854. The Bertz CT molecular complexity index is 732. The molecule has 0 aromatic carbocycles. The Hall–Kier alpha value is -2.09. The minimum atomic E-state index is -2.35. The summed E-state index contributed by atoms with van der Waals surface area (Å²) in [6, 6.07) is 1.78. The van der Waals surface area contributed by atoms with Crippen molar-refractivity contribution in [2.45, 2.75) is 32.7 Å². The van der Waals surface area contributed by atoms with Crippen molar-refractivity contribution in [1.29, 1.82) is 0 Å². The van der Waals surface area contributed by atoms with Crippen molar-refractivity contribution in [2.24, 2.45) is 0 Å². The molecule has 0 bridgehead atoms. The van der Waals surface area contributed by atoms with Gasteiger partial charge in [-0.25, -0.2) is 18.3 Å². The number of carbonyl (C=O) groups excluding carboxylic acids is 1. The highest BCUT2D eigenvalue weighted by atomic mass is 19.3. The lowest BCUT2D eigenvalue weighted by Crippen LogP contribution is -2.55. The second-order valence-electron chi connectivity index (χ2n) is 6.09. The van der Waals surface area contributed by atoms with Gasteiger partial charge in [0.05, 0.1) is 12.7 Å². The highest BCUT2D eigenvalue weighted by molar-refractivity contribution is 5.99. The van der Waals surface area contributed by atoms with E-state index in [9.17, 15) is 13.6 Å². The van der Waals surface area contributed by atoms with Gasteiger partial charge in [-0.2, -0.15) is 5.10 Å². The minimum Gasteiger partial charge on any atom is -0.336 e. The van der Waals surface area contributed by atoms with Crippen LogP contribution in [-0.2, 0) is 0 Å². The third-order valence-corrected chi connectivity index (χ3v) is 4.47. The maximum atomic E-state index is 12.8. The zero-order valence-corrected chi connectivity index (χ0v) is 13.8. The lowest BCUT2D eigenvalue weighted by Gasteiger charge is -2.40. The topological polar surface area (TPSA) is 53.7 Å². The van der Waals surface area contributed by atoms with Crippen LogP contribution in [0.5, 0.6) is 0 Å². The Kier molecular flexibility index (Phi) is 4.75. The maximum Gasteiger partial charge on any atom is 0.259 e. The first kappa shape index (κ1) is 16.8. The van der Waals surface area contributed by atoms with Crippen LogP contribution in [0.4, 0.5) is 8.78 Å². The highest BCUT2D eigenvalue weighted by Gasteiger charge is 2.31. The number of carbonyl (C=O) groups is 1. The van der Waals surface area contributed by atoms with Crippen molar-refractivity contribution >= 4 is 11.6 Å². The van der Waals surface area contributed by atoms with Gasteiger partial charge < -0.3 is 4.90 Å². The summed E-state index contributed by atoms with van der Waals surface area (Å²) < 4.78 is 26.9. The summed E-state index contributed by atoms with van der Waals surface area (Å²) in [5.41, 5.74) is 1.80. The first-order valence-electron chi connectivity index (χ1n) is 8.12. The van der Waals surface area contributed by atoms with Crippen molar-refractivity contribution in [3.63, 3.8) is 0 Å². The third kappa shape index (κ3) is 3.24. The van der Waals surface area contributed by atoms with E-state index in [1.807, 2.05) is 19.9 Å². The second-order valence-corrected chi connectivity index (χ2v) is 6.09. The highest BCUT2D eigenvalue weighted by Crippen LogP contribution is 2.18. The lowest BCUT2D eigenvalue weighted by atomic mass is 10.1. The number of aromatic nitrogens is 3. The third-order valence-electron chi connectivity index (χ3n) is 4.47. The molecule has 1 atom stereocenters. The van der Waals surface area contributed by atoms with Crippen LogP contribution in [-0.4, -0.2) is 69.0 Å². The van der Waals surface area contributed by atoms with Crippen LogP contribution < -0.4 is 0 Å². The average Bonchev–Trinajstić information content (AvgIpc) is 2.97. The van der Waals surface area contributed by atoms with Crippen LogP contribution in [0.3, 0.4) is 0 Å². The Morgan fingerprint density at radius 3 is 2.92 bits per heavy atom. The SMILES string of the molecule is CCC1CN(C(=O)c2cnn3ccc(C)nc23)CCN1CC(F)F. The fourth-order valence-corrected chi connectivity index (χ4v) is 3.16. The standard InChI is InChI=1S/C16H21F2N5O/c1-3-12-9-22(7-6-21(12)10-14(17)18)16(24)13-8-19-23-5-4-11(2)20-15(13)23/h4-5,8,12,14H,3,6-7,9-10H2,1-2H3. The molecule has 1 unspecified atom stereocenters. The molecule has 24 heavy (non-hydrogen) atoms. The monoisotopic (exact) mass is 337 g/mol. The number of piperazine rings is 1. The molecule has 1 saturated heterocycles. The van der Waals surface area contributed by atoms with E-state index in [0.29, 0.717) is 30.8 Å². The van der Waals surface area contributed by atoms with Crippen LogP contribution in [0.1, 0.15) is 29.4 Å². The molecule has 130 valence electrons. The van der Waals surface area contributed by atoms with Gasteiger partial charge >= 0.3 is 0 Å². The first-order valence-corrected chi connectivity index (χ1v) is 8.12. The number of nitrogens with zero attached hydrogens (tertiary/aromatic N) is 5. The molecule has 2 aromatic rings. The zero-order valence-electron chi connectivity index (χ0n) is 13.8. The molecule has 2 aromatic heterocycles. The Balaban J connectivity index is 1.79. The molecule has 0 spiro atoms. The second kappa shape index (κ2) is 6.80. The molecule has 1 amide bonds. The van der Waals surface area contributed by atoms with E-state index < -0.39 is 6.43 Å². The molecule has 1 aliphatic heterocycles. The summed E-state index contributed by atoms with van der Waals surface area (Å²) >= 11 is 0. The average molecular weight is 337 g/mol. The summed E-state index contributed by atoms with van der Waals surface area (Å²) in [6.07, 6.45) is 1.66. The summed E-state index contributed by atoms with van der Waals surface area (Å²) in [5.74, 6) is -0.141. The number of rotatable bonds is 4. The molecular formula is C16H21F2N5O. The first-order chi connectivity index (χ1) is 11.5. The molecule has 3 rings (SSSR count). The minimum absolute atomic E-state index is 0.0479. The van der Waals surface area contributed by atoms with E-state index in [0.717, 1.165) is 12.1 Å². The molecule has 0 aliphatic carbocycles. The summed E-state index contributed by atoms with van der Waals surface area (Å²) in [5, 5.41) is 4.17. The number of alkyl halides is 2. The summed E-state index contributed by atoms with van der Waals surface area (Å²) in [7, 11) is 0. The smallest absolute Gasteiger partial charge is 0.259 e. The number of aryl methyl sites for hydroxylation is 1. The van der Waals surface area contributed by atoms with Crippen LogP contribution in [0.25, 0.3) is 5.65 Å². The van der Waals surface area contributed by atoms with Gasteiger partial charge in [0.2, 0.25) is 0 Å². The Morgan fingerprint density at radius 2 is 2.21 bits per heavy atom. The van der Waals surface area contributed by atoms with Gasteiger partial charge in [-0.05, 0) is 19.4 Å². The van der Waals surface area contributed by atoms with E-state index in [1.165, 1.54) is 6.20 Å². The van der Waals surface area contributed by atoms with Gasteiger partial charge in [0, 0.05) is 37.6 Å². The normalized spacial score (nSPS) is 19.4. The maximum absolute atomic E-state index is 12.8. The van der Waals surface area contributed by atoms with Gasteiger partial charge in [-0.3, -0.25) is 9.69 Å². The zero-order chi connectivity index (χ0) is 17.3. The van der Waals surface area contributed by atoms with Crippen LogP contribution in [0.15, 0.2) is 18.5 Å². The fraction of sp³-hybridized carbons (Fsp3) is 0.562. The lowest BCUT2D eigenvalue weighted by molar-refractivity contribution is 0.0187. The van der Waals surface area contributed by atoms with Crippen molar-refractivity contribution < 1.29 is 13.6 Å². The molecule has 0 N–H and O–H groups in total. The predicted octanol–water partition coefficient (Wildman–Crippen LogP) is 1.84. The van der Waals surface area contributed by atoms with Gasteiger partial charge in [-0.1, -0.05) is 6.92 Å². The van der Waals surface area contributed by atoms with E-state index >= 15 is 0 Å². The number of halogens is 2. The van der Waals surface area contributed by atoms with E-state index in [1.54, 1.807) is 20.5 Å². The van der Waals surface area contributed by atoms with Crippen LogP contribution in [0.2, 0.25) is 0 Å². The van der Waals surface area contributed by atoms with Gasteiger partial charge in [0.1, 0.15) is 5.56 Å². The van der Waals surface area contributed by atoms with Crippen molar-refractivity contribution in [3.05, 3.63) is 29.7 Å². The molecule has 8 heteroatoms. The van der Waals surface area contributed by atoms with Crippen LogP contribution >= 0.6 is 0 Å². The summed E-state index contributed by atoms with van der Waals surface area (Å²) in [6.45, 7) is 4.92. The number of fused-ring (bicyclic) bond motifs is 1.